The highest BCUT2D eigenvalue weighted by Crippen LogP contribution is 2.16. The predicted octanol–water partition coefficient (Wildman–Crippen LogP) is 1.26. The number of nitrogens with two attached hydrogens (primary N) is 1. The minimum atomic E-state index is -3.70. The smallest absolute Gasteiger partial charge is 0.252 e. The SMILES string of the molecule is NS(=O)(=O)c1ccc(CCNC(=O)c2ccc(OC3CCOCC3)nc2)cc1. The molecule has 0 unspecified atom stereocenters. The van der Waals surface area contributed by atoms with Crippen molar-refractivity contribution in [3.8, 4) is 5.88 Å². The molecule has 1 amide bonds. The quantitative estimate of drug-likeness (QED) is 0.715. The van der Waals surface area contributed by atoms with E-state index >= 15 is 0 Å². The van der Waals surface area contributed by atoms with Gasteiger partial charge in [-0.25, -0.2) is 18.5 Å². The number of carbonyl (C=O) groups excluding carboxylic acids is 1. The molecule has 0 radical (unpaired) electrons. The molecule has 1 saturated heterocycles. The standard InChI is InChI=1S/C19H23N3O5S/c20-28(24,25)17-4-1-14(2-5-17)7-10-21-19(23)15-3-6-18(22-13-15)27-16-8-11-26-12-9-16/h1-6,13,16H,7-12H2,(H,21,23)(H2,20,24,25). The number of sulfonamides is 1. The van der Waals surface area contributed by atoms with Crippen LogP contribution in [0.5, 0.6) is 5.88 Å². The van der Waals surface area contributed by atoms with Crippen LogP contribution in [0.25, 0.3) is 0 Å². The van der Waals surface area contributed by atoms with Crippen LogP contribution in [0.1, 0.15) is 28.8 Å². The second kappa shape index (κ2) is 9.13. The Morgan fingerprint density at radius 1 is 1.18 bits per heavy atom. The van der Waals surface area contributed by atoms with Crippen LogP contribution < -0.4 is 15.2 Å². The molecule has 0 spiro atoms. The van der Waals surface area contributed by atoms with E-state index in [0.717, 1.165) is 18.4 Å². The fourth-order valence-electron chi connectivity index (χ4n) is 2.82. The number of nitrogens with one attached hydrogen (secondary N) is 1. The Bertz CT molecular complexity index is 892. The Labute approximate surface area is 164 Å². The van der Waals surface area contributed by atoms with Gasteiger partial charge in [-0.2, -0.15) is 0 Å². The lowest BCUT2D eigenvalue weighted by molar-refractivity contribution is 0.0237. The van der Waals surface area contributed by atoms with Crippen LogP contribution in [-0.2, 0) is 21.2 Å². The second-order valence-electron chi connectivity index (χ2n) is 6.51. The van der Waals surface area contributed by atoms with Crippen molar-refractivity contribution in [2.45, 2.75) is 30.3 Å². The number of amides is 1. The second-order valence-corrected chi connectivity index (χ2v) is 8.07. The summed E-state index contributed by atoms with van der Waals surface area (Å²) in [5.41, 5.74) is 1.34. The van der Waals surface area contributed by atoms with E-state index in [4.69, 9.17) is 14.6 Å². The molecule has 1 aliphatic heterocycles. The summed E-state index contributed by atoms with van der Waals surface area (Å²) < 4.78 is 33.6. The monoisotopic (exact) mass is 405 g/mol. The molecule has 150 valence electrons. The number of carbonyl (C=O) groups is 1. The number of hydrogen-bond donors (Lipinski definition) is 2. The van der Waals surface area contributed by atoms with Crippen LogP contribution in [-0.4, -0.2) is 45.2 Å². The van der Waals surface area contributed by atoms with Crippen molar-refractivity contribution in [3.05, 3.63) is 53.7 Å². The number of ether oxygens (including phenoxy) is 2. The predicted molar refractivity (Wildman–Crippen MR) is 103 cm³/mol. The fraction of sp³-hybridized carbons (Fsp3) is 0.368. The van der Waals surface area contributed by atoms with E-state index in [9.17, 15) is 13.2 Å². The molecule has 1 aromatic carbocycles. The average Bonchev–Trinajstić information content (AvgIpc) is 2.69. The lowest BCUT2D eigenvalue weighted by atomic mass is 10.1. The summed E-state index contributed by atoms with van der Waals surface area (Å²) in [6, 6.07) is 9.63. The lowest BCUT2D eigenvalue weighted by Crippen LogP contribution is -2.27. The third-order valence-electron chi connectivity index (χ3n) is 4.41. The number of nitrogens with zero attached hydrogens (tertiary/aromatic N) is 1. The van der Waals surface area contributed by atoms with Crippen LogP contribution in [0.15, 0.2) is 47.5 Å². The molecule has 0 atom stereocenters. The van der Waals surface area contributed by atoms with Crippen molar-refractivity contribution in [3.63, 3.8) is 0 Å². The Balaban J connectivity index is 1.46. The maximum Gasteiger partial charge on any atom is 0.252 e. The first-order valence-corrected chi connectivity index (χ1v) is 10.6. The van der Waals surface area contributed by atoms with E-state index < -0.39 is 10.0 Å². The molecular formula is C19H23N3O5S. The van der Waals surface area contributed by atoms with Gasteiger partial charge in [-0.1, -0.05) is 12.1 Å². The topological polar surface area (TPSA) is 121 Å². The summed E-state index contributed by atoms with van der Waals surface area (Å²) in [5.74, 6) is 0.268. The van der Waals surface area contributed by atoms with E-state index in [2.05, 4.69) is 10.3 Å². The highest BCUT2D eigenvalue weighted by Gasteiger charge is 2.16. The van der Waals surface area contributed by atoms with E-state index in [1.54, 1.807) is 24.3 Å². The van der Waals surface area contributed by atoms with Gasteiger partial charge in [-0.15, -0.1) is 0 Å². The molecule has 28 heavy (non-hydrogen) atoms. The molecule has 2 heterocycles. The lowest BCUT2D eigenvalue weighted by Gasteiger charge is -2.22. The van der Waals surface area contributed by atoms with Crippen molar-refractivity contribution in [1.82, 2.24) is 10.3 Å². The molecule has 8 nitrogen and oxygen atoms in total. The Morgan fingerprint density at radius 2 is 1.89 bits per heavy atom. The van der Waals surface area contributed by atoms with Crippen molar-refractivity contribution >= 4 is 15.9 Å². The molecule has 0 aliphatic carbocycles. The van der Waals surface area contributed by atoms with Gasteiger partial charge in [0.05, 0.1) is 23.7 Å². The van der Waals surface area contributed by atoms with Crippen LogP contribution >= 0.6 is 0 Å². The van der Waals surface area contributed by atoms with Gasteiger partial charge in [0.2, 0.25) is 15.9 Å². The number of benzene rings is 1. The molecule has 0 bridgehead atoms. The van der Waals surface area contributed by atoms with E-state index in [1.807, 2.05) is 0 Å². The summed E-state index contributed by atoms with van der Waals surface area (Å²) in [4.78, 5) is 16.5. The highest BCUT2D eigenvalue weighted by atomic mass is 32.2. The van der Waals surface area contributed by atoms with Gasteiger partial charge < -0.3 is 14.8 Å². The molecule has 1 aliphatic rings. The third kappa shape index (κ3) is 5.75. The third-order valence-corrected chi connectivity index (χ3v) is 5.33. The van der Waals surface area contributed by atoms with Gasteiger partial charge in [0.15, 0.2) is 0 Å². The van der Waals surface area contributed by atoms with Gasteiger partial charge in [0, 0.05) is 31.6 Å². The van der Waals surface area contributed by atoms with Crippen LogP contribution in [0.3, 0.4) is 0 Å². The number of primary sulfonamides is 1. The van der Waals surface area contributed by atoms with E-state index in [-0.39, 0.29) is 16.9 Å². The van der Waals surface area contributed by atoms with Crippen LogP contribution in [0, 0.1) is 0 Å². The molecule has 2 aromatic rings. The van der Waals surface area contributed by atoms with E-state index in [0.29, 0.717) is 37.6 Å². The maximum absolute atomic E-state index is 12.2. The van der Waals surface area contributed by atoms with Crippen molar-refractivity contribution in [2.75, 3.05) is 19.8 Å². The summed E-state index contributed by atoms with van der Waals surface area (Å²) in [6.07, 6.45) is 3.82. The number of aromatic nitrogens is 1. The first-order chi connectivity index (χ1) is 13.4. The van der Waals surface area contributed by atoms with Gasteiger partial charge in [0.1, 0.15) is 6.10 Å². The molecule has 1 fully saturated rings. The number of pyridine rings is 1. The molecule has 1 aromatic heterocycles. The Morgan fingerprint density at radius 3 is 2.50 bits per heavy atom. The first-order valence-electron chi connectivity index (χ1n) is 9.02. The summed E-state index contributed by atoms with van der Waals surface area (Å²) in [7, 11) is -3.70. The summed E-state index contributed by atoms with van der Waals surface area (Å²) in [5, 5.41) is 7.88. The van der Waals surface area contributed by atoms with Crippen LogP contribution in [0.4, 0.5) is 0 Å². The van der Waals surface area contributed by atoms with Gasteiger partial charge in [-0.05, 0) is 30.2 Å². The average molecular weight is 405 g/mol. The zero-order valence-corrected chi connectivity index (χ0v) is 16.2. The normalized spacial score (nSPS) is 15.2. The molecule has 3 N–H and O–H groups in total. The number of hydrogen-bond acceptors (Lipinski definition) is 6. The maximum atomic E-state index is 12.2. The first kappa shape index (κ1) is 20.2. The van der Waals surface area contributed by atoms with E-state index in [1.165, 1.54) is 18.3 Å². The Kier molecular flexibility index (Phi) is 6.61. The molecule has 3 rings (SSSR count). The van der Waals surface area contributed by atoms with Gasteiger partial charge in [-0.3, -0.25) is 4.79 Å². The van der Waals surface area contributed by atoms with Crippen molar-refractivity contribution in [1.29, 1.82) is 0 Å². The zero-order chi connectivity index (χ0) is 20.0. The zero-order valence-electron chi connectivity index (χ0n) is 15.3. The number of rotatable bonds is 7. The summed E-state index contributed by atoms with van der Waals surface area (Å²) >= 11 is 0. The molecule has 9 heteroatoms. The molecular weight excluding hydrogens is 382 g/mol. The largest absolute Gasteiger partial charge is 0.474 e. The van der Waals surface area contributed by atoms with Gasteiger partial charge >= 0.3 is 0 Å². The Hall–Kier alpha value is -2.49. The van der Waals surface area contributed by atoms with Crippen LogP contribution in [0.2, 0.25) is 0 Å². The minimum Gasteiger partial charge on any atom is -0.474 e. The fourth-order valence-corrected chi connectivity index (χ4v) is 3.33. The summed E-state index contributed by atoms with van der Waals surface area (Å²) in [6.45, 7) is 1.79. The van der Waals surface area contributed by atoms with Gasteiger partial charge in [0.25, 0.3) is 5.91 Å². The highest BCUT2D eigenvalue weighted by molar-refractivity contribution is 7.89. The minimum absolute atomic E-state index is 0.0643. The van der Waals surface area contributed by atoms with Crippen molar-refractivity contribution in [2.24, 2.45) is 5.14 Å². The molecule has 0 saturated carbocycles. The van der Waals surface area contributed by atoms with Crippen molar-refractivity contribution < 1.29 is 22.7 Å².